The predicted octanol–water partition coefficient (Wildman–Crippen LogP) is 2.32. The molecule has 78 valence electrons. The van der Waals surface area contributed by atoms with Gasteiger partial charge >= 0.3 is 0 Å². The van der Waals surface area contributed by atoms with Crippen LogP contribution in [0.2, 0.25) is 0 Å². The molecule has 2 atom stereocenters. The smallest absolute Gasteiger partial charge is 0.146 e. The lowest BCUT2D eigenvalue weighted by Crippen LogP contribution is -2.28. The van der Waals surface area contributed by atoms with E-state index in [1.165, 1.54) is 6.07 Å². The van der Waals surface area contributed by atoms with Crippen LogP contribution in [-0.4, -0.2) is 17.3 Å². The van der Waals surface area contributed by atoms with Crippen LogP contribution in [0.5, 0.6) is 0 Å². The Morgan fingerprint density at radius 3 is 2.57 bits per heavy atom. The Balaban J connectivity index is 2.80. The summed E-state index contributed by atoms with van der Waals surface area (Å²) in [5, 5.41) is 12.2. The number of halogens is 1. The Morgan fingerprint density at radius 2 is 2.00 bits per heavy atom. The van der Waals surface area contributed by atoms with Gasteiger partial charge in [0.1, 0.15) is 5.82 Å². The first-order valence-corrected chi connectivity index (χ1v) is 4.71. The van der Waals surface area contributed by atoms with Crippen molar-refractivity contribution in [3.63, 3.8) is 0 Å². The monoisotopic (exact) mass is 197 g/mol. The van der Waals surface area contributed by atoms with Gasteiger partial charge in [0, 0.05) is 6.04 Å². The summed E-state index contributed by atoms with van der Waals surface area (Å²) < 4.78 is 13.2. The van der Waals surface area contributed by atoms with Crippen molar-refractivity contribution in [1.82, 2.24) is 0 Å². The second-order valence-corrected chi connectivity index (χ2v) is 3.66. The first-order chi connectivity index (χ1) is 6.50. The highest BCUT2D eigenvalue weighted by atomic mass is 19.1. The van der Waals surface area contributed by atoms with E-state index in [9.17, 15) is 9.50 Å². The van der Waals surface area contributed by atoms with Gasteiger partial charge in [0.15, 0.2) is 0 Å². The van der Waals surface area contributed by atoms with E-state index in [1.807, 2.05) is 13.8 Å². The summed E-state index contributed by atoms with van der Waals surface area (Å²) in [4.78, 5) is 0. The molecule has 0 heterocycles. The van der Waals surface area contributed by atoms with Gasteiger partial charge in [0.2, 0.25) is 0 Å². The highest BCUT2D eigenvalue weighted by Gasteiger charge is 2.10. The van der Waals surface area contributed by atoms with Crippen molar-refractivity contribution in [3.05, 3.63) is 29.6 Å². The number of benzene rings is 1. The van der Waals surface area contributed by atoms with Crippen molar-refractivity contribution in [2.75, 3.05) is 5.32 Å². The summed E-state index contributed by atoms with van der Waals surface area (Å²) in [6.07, 6.45) is -0.505. The van der Waals surface area contributed by atoms with Crippen molar-refractivity contribution in [2.45, 2.75) is 32.9 Å². The molecule has 0 aliphatic heterocycles. The van der Waals surface area contributed by atoms with Crippen molar-refractivity contribution in [3.8, 4) is 0 Å². The molecule has 0 fully saturated rings. The molecule has 1 rings (SSSR count). The zero-order valence-electron chi connectivity index (χ0n) is 8.71. The number of hydrogen-bond acceptors (Lipinski definition) is 2. The Labute approximate surface area is 83.8 Å². The van der Waals surface area contributed by atoms with Gasteiger partial charge in [0.25, 0.3) is 0 Å². The summed E-state index contributed by atoms with van der Waals surface area (Å²) in [6, 6.07) is 4.71. The molecule has 2 unspecified atom stereocenters. The van der Waals surface area contributed by atoms with E-state index in [4.69, 9.17) is 0 Å². The Kier molecular flexibility index (Phi) is 3.47. The minimum atomic E-state index is -0.505. The SMILES string of the molecule is Cc1ccc(F)c(NC(C)C(C)O)c1. The Hall–Kier alpha value is -1.09. The van der Waals surface area contributed by atoms with Crippen LogP contribution in [0.25, 0.3) is 0 Å². The van der Waals surface area contributed by atoms with Crippen molar-refractivity contribution >= 4 is 5.69 Å². The standard InChI is InChI=1S/C11H16FNO/c1-7-4-5-10(12)11(6-7)13-8(2)9(3)14/h4-6,8-9,13-14H,1-3H3. The molecule has 1 aromatic rings. The van der Waals surface area contributed by atoms with Crippen molar-refractivity contribution < 1.29 is 9.50 Å². The first kappa shape index (κ1) is 11.0. The third-order valence-corrected chi connectivity index (χ3v) is 2.23. The van der Waals surface area contributed by atoms with Gasteiger partial charge in [-0.05, 0) is 38.5 Å². The minimum absolute atomic E-state index is 0.161. The summed E-state index contributed by atoms with van der Waals surface area (Å²) >= 11 is 0. The molecule has 0 saturated heterocycles. The number of aliphatic hydroxyl groups is 1. The molecule has 1 aromatic carbocycles. The normalized spacial score (nSPS) is 14.9. The van der Waals surface area contributed by atoms with E-state index < -0.39 is 6.10 Å². The molecule has 14 heavy (non-hydrogen) atoms. The van der Waals surface area contributed by atoms with Crippen LogP contribution in [0.1, 0.15) is 19.4 Å². The van der Waals surface area contributed by atoms with Gasteiger partial charge in [-0.3, -0.25) is 0 Å². The summed E-state index contributed by atoms with van der Waals surface area (Å²) in [7, 11) is 0. The lowest BCUT2D eigenvalue weighted by atomic mass is 10.1. The number of nitrogens with one attached hydrogen (secondary N) is 1. The van der Waals surface area contributed by atoms with E-state index in [2.05, 4.69) is 5.32 Å². The van der Waals surface area contributed by atoms with E-state index >= 15 is 0 Å². The molecular formula is C11H16FNO. The quantitative estimate of drug-likeness (QED) is 0.779. The van der Waals surface area contributed by atoms with Crippen LogP contribution in [0.3, 0.4) is 0 Å². The second-order valence-electron chi connectivity index (χ2n) is 3.66. The molecule has 2 N–H and O–H groups in total. The molecule has 0 amide bonds. The zero-order chi connectivity index (χ0) is 10.7. The first-order valence-electron chi connectivity index (χ1n) is 4.71. The van der Waals surface area contributed by atoms with E-state index in [-0.39, 0.29) is 11.9 Å². The average Bonchev–Trinajstić information content (AvgIpc) is 2.11. The summed E-state index contributed by atoms with van der Waals surface area (Å²) in [5.41, 5.74) is 1.44. The van der Waals surface area contributed by atoms with Crippen LogP contribution in [0.15, 0.2) is 18.2 Å². The van der Waals surface area contributed by atoms with E-state index in [0.717, 1.165) is 5.56 Å². The number of aliphatic hydroxyl groups excluding tert-OH is 1. The highest BCUT2D eigenvalue weighted by molar-refractivity contribution is 5.47. The maximum atomic E-state index is 13.2. The third kappa shape index (κ3) is 2.70. The lowest BCUT2D eigenvalue weighted by Gasteiger charge is -2.18. The van der Waals surface area contributed by atoms with Crippen LogP contribution in [0, 0.1) is 12.7 Å². The average molecular weight is 197 g/mol. The predicted molar refractivity (Wildman–Crippen MR) is 55.9 cm³/mol. The topological polar surface area (TPSA) is 32.3 Å². The molecule has 3 heteroatoms. The van der Waals surface area contributed by atoms with E-state index in [1.54, 1.807) is 19.1 Å². The molecule has 0 spiro atoms. The van der Waals surface area contributed by atoms with Gasteiger partial charge in [0.05, 0.1) is 11.8 Å². The lowest BCUT2D eigenvalue weighted by molar-refractivity contribution is 0.177. The number of rotatable bonds is 3. The van der Waals surface area contributed by atoms with Crippen LogP contribution in [0.4, 0.5) is 10.1 Å². The van der Waals surface area contributed by atoms with Gasteiger partial charge in [-0.2, -0.15) is 0 Å². The van der Waals surface area contributed by atoms with Gasteiger partial charge in [-0.25, -0.2) is 4.39 Å². The summed E-state index contributed by atoms with van der Waals surface area (Å²) in [5.74, 6) is -0.289. The summed E-state index contributed by atoms with van der Waals surface area (Å²) in [6.45, 7) is 5.38. The third-order valence-electron chi connectivity index (χ3n) is 2.23. The fourth-order valence-corrected chi connectivity index (χ4v) is 1.12. The Bertz CT molecular complexity index is 312. The maximum absolute atomic E-state index is 13.2. The van der Waals surface area contributed by atoms with Crippen LogP contribution in [-0.2, 0) is 0 Å². The fourth-order valence-electron chi connectivity index (χ4n) is 1.12. The molecule has 0 aliphatic rings. The van der Waals surface area contributed by atoms with E-state index in [0.29, 0.717) is 5.69 Å². The Morgan fingerprint density at radius 1 is 1.36 bits per heavy atom. The van der Waals surface area contributed by atoms with Crippen molar-refractivity contribution in [2.24, 2.45) is 0 Å². The number of hydrogen-bond donors (Lipinski definition) is 2. The zero-order valence-corrected chi connectivity index (χ0v) is 8.71. The molecule has 0 bridgehead atoms. The fraction of sp³-hybridized carbons (Fsp3) is 0.455. The molecule has 0 saturated carbocycles. The molecule has 2 nitrogen and oxygen atoms in total. The molecule has 0 aromatic heterocycles. The van der Waals surface area contributed by atoms with Gasteiger partial charge in [-0.1, -0.05) is 6.07 Å². The van der Waals surface area contributed by atoms with Crippen LogP contribution < -0.4 is 5.32 Å². The number of anilines is 1. The van der Waals surface area contributed by atoms with Gasteiger partial charge in [-0.15, -0.1) is 0 Å². The van der Waals surface area contributed by atoms with Gasteiger partial charge < -0.3 is 10.4 Å². The maximum Gasteiger partial charge on any atom is 0.146 e. The molecule has 0 aliphatic carbocycles. The number of aryl methyl sites for hydroxylation is 1. The van der Waals surface area contributed by atoms with Crippen LogP contribution >= 0.6 is 0 Å². The highest BCUT2D eigenvalue weighted by Crippen LogP contribution is 2.17. The molecule has 0 radical (unpaired) electrons. The molecular weight excluding hydrogens is 181 g/mol. The van der Waals surface area contributed by atoms with Crippen molar-refractivity contribution in [1.29, 1.82) is 0 Å². The second kappa shape index (κ2) is 4.42. The largest absolute Gasteiger partial charge is 0.391 e. The minimum Gasteiger partial charge on any atom is -0.391 e.